The Morgan fingerprint density at radius 1 is 1.30 bits per heavy atom. The summed E-state index contributed by atoms with van der Waals surface area (Å²) >= 11 is 0. The average molecular weight is 314 g/mol. The van der Waals surface area contributed by atoms with Gasteiger partial charge in [-0.25, -0.2) is 0 Å². The number of rotatable bonds is 6. The van der Waals surface area contributed by atoms with Gasteiger partial charge in [-0.15, -0.1) is 0 Å². The summed E-state index contributed by atoms with van der Waals surface area (Å²) in [5.41, 5.74) is 3.60. The van der Waals surface area contributed by atoms with Crippen LogP contribution in [0.4, 0.5) is 0 Å². The highest BCUT2D eigenvalue weighted by Crippen LogP contribution is 2.37. The van der Waals surface area contributed by atoms with Crippen molar-refractivity contribution in [2.45, 2.75) is 52.6 Å². The van der Waals surface area contributed by atoms with Gasteiger partial charge in [0.05, 0.1) is 12.3 Å². The Bertz CT molecular complexity index is 651. The largest absolute Gasteiger partial charge is 0.494 e. The molecule has 1 aromatic heterocycles. The second-order valence-corrected chi connectivity index (χ2v) is 6.13. The van der Waals surface area contributed by atoms with Crippen LogP contribution >= 0.6 is 0 Å². The maximum atomic E-state index is 5.78. The highest BCUT2D eigenvalue weighted by Gasteiger charge is 2.31. The number of likely N-dealkylation sites (tertiary alicyclic amines) is 1. The fourth-order valence-electron chi connectivity index (χ4n) is 3.60. The molecule has 2 aromatic rings. The van der Waals surface area contributed by atoms with E-state index in [0.717, 1.165) is 36.7 Å². The predicted molar refractivity (Wildman–Crippen MR) is 90.6 cm³/mol. The third-order valence-corrected chi connectivity index (χ3v) is 4.65. The Morgan fingerprint density at radius 3 is 2.91 bits per heavy atom. The van der Waals surface area contributed by atoms with Crippen LogP contribution in [0.2, 0.25) is 0 Å². The fourth-order valence-corrected chi connectivity index (χ4v) is 3.60. The van der Waals surface area contributed by atoms with Gasteiger partial charge in [0.15, 0.2) is 0 Å². The van der Waals surface area contributed by atoms with Crippen molar-refractivity contribution in [3.63, 3.8) is 0 Å². The van der Waals surface area contributed by atoms with Crippen molar-refractivity contribution in [2.75, 3.05) is 13.2 Å². The average Bonchev–Trinajstić information content (AvgIpc) is 3.15. The highest BCUT2D eigenvalue weighted by atomic mass is 16.5. The van der Waals surface area contributed by atoms with E-state index in [1.807, 2.05) is 13.0 Å². The first-order valence-corrected chi connectivity index (χ1v) is 8.64. The van der Waals surface area contributed by atoms with Crippen molar-refractivity contribution < 1.29 is 9.26 Å². The van der Waals surface area contributed by atoms with E-state index in [-0.39, 0.29) is 0 Å². The smallest absolute Gasteiger partial charge is 0.141 e. The lowest BCUT2D eigenvalue weighted by Crippen LogP contribution is -2.24. The summed E-state index contributed by atoms with van der Waals surface area (Å²) in [5, 5.41) is 4.19. The molecule has 0 amide bonds. The number of hydrogen-bond donors (Lipinski definition) is 0. The summed E-state index contributed by atoms with van der Waals surface area (Å²) in [6.07, 6.45) is 3.29. The second-order valence-electron chi connectivity index (χ2n) is 6.13. The molecular weight excluding hydrogens is 288 g/mol. The van der Waals surface area contributed by atoms with Gasteiger partial charge < -0.3 is 9.26 Å². The maximum Gasteiger partial charge on any atom is 0.141 e. The lowest BCUT2D eigenvalue weighted by Gasteiger charge is -2.25. The van der Waals surface area contributed by atoms with Crippen molar-refractivity contribution in [3.8, 4) is 5.75 Å². The normalized spacial score (nSPS) is 18.5. The van der Waals surface area contributed by atoms with Gasteiger partial charge in [-0.05, 0) is 39.3 Å². The van der Waals surface area contributed by atoms with Crippen molar-refractivity contribution >= 4 is 0 Å². The van der Waals surface area contributed by atoms with Crippen LogP contribution in [0.1, 0.15) is 55.3 Å². The molecule has 1 unspecified atom stereocenters. The molecule has 1 fully saturated rings. The summed E-state index contributed by atoms with van der Waals surface area (Å²) in [6.45, 7) is 8.94. The van der Waals surface area contributed by atoms with Gasteiger partial charge in [0.25, 0.3) is 0 Å². The zero-order chi connectivity index (χ0) is 16.2. The van der Waals surface area contributed by atoms with E-state index in [1.54, 1.807) is 0 Å². The van der Waals surface area contributed by atoms with Crippen LogP contribution in [0, 0.1) is 6.92 Å². The van der Waals surface area contributed by atoms with Gasteiger partial charge in [0.2, 0.25) is 0 Å². The van der Waals surface area contributed by atoms with Crippen LogP contribution < -0.4 is 4.74 Å². The Kier molecular flexibility index (Phi) is 5.01. The summed E-state index contributed by atoms with van der Waals surface area (Å²) < 4.78 is 11.3. The SMILES string of the molecule is CCOc1ccccc1CN1CCCC1c1c(C)noc1CC. The summed E-state index contributed by atoms with van der Waals surface area (Å²) in [7, 11) is 0. The molecule has 0 bridgehead atoms. The van der Waals surface area contributed by atoms with Crippen LogP contribution in [0.3, 0.4) is 0 Å². The second kappa shape index (κ2) is 7.18. The summed E-state index contributed by atoms with van der Waals surface area (Å²) in [4.78, 5) is 2.54. The first kappa shape index (κ1) is 16.1. The number of aromatic nitrogens is 1. The molecule has 1 aliphatic rings. The Labute approximate surface area is 138 Å². The highest BCUT2D eigenvalue weighted by molar-refractivity contribution is 5.34. The molecule has 0 saturated carbocycles. The predicted octanol–water partition coefficient (Wildman–Crippen LogP) is 4.28. The van der Waals surface area contributed by atoms with Crippen LogP contribution in [-0.4, -0.2) is 23.2 Å². The minimum Gasteiger partial charge on any atom is -0.494 e. The standard InChI is InChI=1S/C19H26N2O2/c1-4-17-19(14(3)20-23-17)16-10-8-12-21(16)13-15-9-6-7-11-18(15)22-5-2/h6-7,9,11,16H,4-5,8,10,12-13H2,1-3H3. The van der Waals surface area contributed by atoms with Crippen molar-refractivity contribution in [2.24, 2.45) is 0 Å². The van der Waals surface area contributed by atoms with Crippen molar-refractivity contribution in [3.05, 3.63) is 46.8 Å². The lowest BCUT2D eigenvalue weighted by atomic mass is 10.0. The Balaban J connectivity index is 1.84. The van der Waals surface area contributed by atoms with Gasteiger partial charge in [0.1, 0.15) is 11.5 Å². The molecule has 4 nitrogen and oxygen atoms in total. The van der Waals surface area contributed by atoms with E-state index in [1.165, 1.54) is 24.0 Å². The number of hydrogen-bond acceptors (Lipinski definition) is 4. The lowest BCUT2D eigenvalue weighted by molar-refractivity contribution is 0.238. The number of aryl methyl sites for hydroxylation is 2. The van der Waals surface area contributed by atoms with Crippen molar-refractivity contribution in [1.82, 2.24) is 10.1 Å². The molecule has 1 aromatic carbocycles. The van der Waals surface area contributed by atoms with E-state index >= 15 is 0 Å². The molecule has 4 heteroatoms. The first-order chi connectivity index (χ1) is 11.2. The quantitative estimate of drug-likeness (QED) is 0.797. The number of para-hydroxylation sites is 1. The van der Waals surface area contributed by atoms with E-state index in [2.05, 4.69) is 42.1 Å². The molecule has 1 atom stereocenters. The summed E-state index contributed by atoms with van der Waals surface area (Å²) in [6, 6.07) is 8.76. The van der Waals surface area contributed by atoms with E-state index in [9.17, 15) is 0 Å². The molecule has 0 aliphatic carbocycles. The molecule has 2 heterocycles. The topological polar surface area (TPSA) is 38.5 Å². The maximum absolute atomic E-state index is 5.78. The third kappa shape index (κ3) is 3.27. The molecule has 0 radical (unpaired) electrons. The molecule has 1 saturated heterocycles. The minimum atomic E-state index is 0.408. The molecule has 23 heavy (non-hydrogen) atoms. The van der Waals surface area contributed by atoms with E-state index < -0.39 is 0 Å². The molecule has 3 rings (SSSR count). The first-order valence-electron chi connectivity index (χ1n) is 8.64. The zero-order valence-corrected chi connectivity index (χ0v) is 14.3. The molecule has 0 N–H and O–H groups in total. The molecule has 0 spiro atoms. The van der Waals surface area contributed by atoms with Gasteiger partial charge in [0, 0.05) is 30.1 Å². The number of nitrogens with zero attached hydrogens (tertiary/aromatic N) is 2. The minimum absolute atomic E-state index is 0.408. The van der Waals surface area contributed by atoms with Crippen LogP contribution in [0.15, 0.2) is 28.8 Å². The zero-order valence-electron chi connectivity index (χ0n) is 14.3. The van der Waals surface area contributed by atoms with Crippen molar-refractivity contribution in [1.29, 1.82) is 0 Å². The Hall–Kier alpha value is -1.81. The molecule has 124 valence electrons. The van der Waals surface area contributed by atoms with Crippen LogP contribution in [0.5, 0.6) is 5.75 Å². The van der Waals surface area contributed by atoms with Gasteiger partial charge in [-0.1, -0.05) is 30.3 Å². The number of ether oxygens (including phenoxy) is 1. The van der Waals surface area contributed by atoms with Gasteiger partial charge >= 0.3 is 0 Å². The van der Waals surface area contributed by atoms with Gasteiger partial charge in [-0.2, -0.15) is 0 Å². The fraction of sp³-hybridized carbons (Fsp3) is 0.526. The number of benzene rings is 1. The van der Waals surface area contributed by atoms with E-state index in [4.69, 9.17) is 9.26 Å². The Morgan fingerprint density at radius 2 is 2.13 bits per heavy atom. The van der Waals surface area contributed by atoms with Gasteiger partial charge in [-0.3, -0.25) is 4.90 Å². The van der Waals surface area contributed by atoms with Crippen LogP contribution in [-0.2, 0) is 13.0 Å². The van der Waals surface area contributed by atoms with E-state index in [0.29, 0.717) is 12.6 Å². The monoisotopic (exact) mass is 314 g/mol. The molecule has 1 aliphatic heterocycles. The summed E-state index contributed by atoms with van der Waals surface area (Å²) in [5.74, 6) is 2.04. The third-order valence-electron chi connectivity index (χ3n) is 4.65. The van der Waals surface area contributed by atoms with Crippen LogP contribution in [0.25, 0.3) is 0 Å². The molecular formula is C19H26N2O2.